The van der Waals surface area contributed by atoms with Crippen molar-refractivity contribution in [1.29, 1.82) is 0 Å². The standard InChI is InChI=1S/C30H30FN5O3S/c1-2-3-18-39-25-14-8-22(9-15-25)29(38)32-19-27-33-34-30(36(27)24-12-10-23(31)11-13-24)40-20-28(37)35-17-16-21-6-4-5-7-26(21)35/h4-15H,2-3,16-20H2,1H3,(H,32,38). The Labute approximate surface area is 236 Å². The summed E-state index contributed by atoms with van der Waals surface area (Å²) in [7, 11) is 0. The van der Waals surface area contributed by atoms with Crippen LogP contribution in [0.15, 0.2) is 78.0 Å². The number of rotatable bonds is 11. The van der Waals surface area contributed by atoms with Crippen molar-refractivity contribution < 1.29 is 18.7 Å². The lowest BCUT2D eigenvalue weighted by Crippen LogP contribution is -2.30. The van der Waals surface area contributed by atoms with E-state index in [-0.39, 0.29) is 29.9 Å². The molecule has 1 aliphatic rings. The molecule has 0 spiro atoms. The van der Waals surface area contributed by atoms with Crippen LogP contribution in [-0.2, 0) is 17.8 Å². The monoisotopic (exact) mass is 559 g/mol. The predicted molar refractivity (Wildman–Crippen MR) is 153 cm³/mol. The van der Waals surface area contributed by atoms with Gasteiger partial charge in [-0.1, -0.05) is 43.3 Å². The normalized spacial score (nSPS) is 12.3. The molecule has 10 heteroatoms. The SMILES string of the molecule is CCCCOc1ccc(C(=O)NCc2nnc(SCC(=O)N3CCc4ccccc43)n2-c2ccc(F)cc2)cc1. The molecule has 1 aromatic heterocycles. The van der Waals surface area contributed by atoms with Crippen LogP contribution >= 0.6 is 11.8 Å². The van der Waals surface area contributed by atoms with Gasteiger partial charge in [-0.2, -0.15) is 0 Å². The van der Waals surface area contributed by atoms with Gasteiger partial charge >= 0.3 is 0 Å². The molecule has 0 atom stereocenters. The van der Waals surface area contributed by atoms with Crippen molar-refractivity contribution >= 4 is 29.3 Å². The molecule has 0 radical (unpaired) electrons. The van der Waals surface area contributed by atoms with Gasteiger partial charge in [-0.3, -0.25) is 14.2 Å². The van der Waals surface area contributed by atoms with Gasteiger partial charge in [0.15, 0.2) is 11.0 Å². The third kappa shape index (κ3) is 6.34. The Hall–Kier alpha value is -4.18. The molecule has 8 nitrogen and oxygen atoms in total. The molecule has 2 heterocycles. The van der Waals surface area contributed by atoms with Crippen LogP contribution in [0.4, 0.5) is 10.1 Å². The number of thioether (sulfide) groups is 1. The fourth-order valence-corrected chi connectivity index (χ4v) is 5.30. The van der Waals surface area contributed by atoms with Crippen LogP contribution in [0.1, 0.15) is 41.5 Å². The summed E-state index contributed by atoms with van der Waals surface area (Å²) in [6.45, 7) is 3.47. The van der Waals surface area contributed by atoms with Crippen molar-refractivity contribution in [2.45, 2.75) is 37.9 Å². The number of benzene rings is 3. The summed E-state index contributed by atoms with van der Waals surface area (Å²) < 4.78 is 21.1. The number of carbonyl (C=O) groups is 2. The smallest absolute Gasteiger partial charge is 0.251 e. The minimum absolute atomic E-state index is 0.0272. The second-order valence-corrected chi connectivity index (χ2v) is 10.3. The van der Waals surface area contributed by atoms with Crippen LogP contribution in [0.3, 0.4) is 0 Å². The fourth-order valence-electron chi connectivity index (χ4n) is 4.46. The van der Waals surface area contributed by atoms with Gasteiger partial charge in [-0.15, -0.1) is 10.2 Å². The van der Waals surface area contributed by atoms with Crippen LogP contribution in [0.25, 0.3) is 5.69 Å². The van der Waals surface area contributed by atoms with E-state index in [1.165, 1.54) is 23.9 Å². The summed E-state index contributed by atoms with van der Waals surface area (Å²) in [5.74, 6) is 0.667. The minimum Gasteiger partial charge on any atom is -0.494 e. The zero-order valence-electron chi connectivity index (χ0n) is 22.2. The van der Waals surface area contributed by atoms with Gasteiger partial charge in [0.2, 0.25) is 5.91 Å². The number of halogens is 1. The van der Waals surface area contributed by atoms with Gasteiger partial charge in [0.1, 0.15) is 11.6 Å². The molecule has 1 N–H and O–H groups in total. The average Bonchev–Trinajstić information content (AvgIpc) is 3.60. The molecule has 0 unspecified atom stereocenters. The number of unbranched alkanes of at least 4 members (excludes halogenated alkanes) is 1. The Balaban J connectivity index is 1.28. The van der Waals surface area contributed by atoms with Crippen molar-refractivity contribution in [3.8, 4) is 11.4 Å². The maximum atomic E-state index is 13.7. The molecule has 2 amide bonds. The lowest BCUT2D eigenvalue weighted by atomic mass is 10.2. The highest BCUT2D eigenvalue weighted by molar-refractivity contribution is 7.99. The Morgan fingerprint density at radius 3 is 2.58 bits per heavy atom. The van der Waals surface area contributed by atoms with Crippen molar-refractivity contribution in [3.63, 3.8) is 0 Å². The quantitative estimate of drug-likeness (QED) is 0.201. The molecule has 40 heavy (non-hydrogen) atoms. The van der Waals surface area contributed by atoms with E-state index in [1.54, 1.807) is 45.9 Å². The summed E-state index contributed by atoms with van der Waals surface area (Å²) >= 11 is 1.25. The first-order valence-electron chi connectivity index (χ1n) is 13.3. The van der Waals surface area contributed by atoms with E-state index in [9.17, 15) is 14.0 Å². The van der Waals surface area contributed by atoms with Gasteiger partial charge in [0.05, 0.1) is 18.9 Å². The highest BCUT2D eigenvalue weighted by atomic mass is 32.2. The zero-order valence-corrected chi connectivity index (χ0v) is 23.0. The Bertz CT molecular complexity index is 1470. The molecule has 1 aliphatic heterocycles. The zero-order chi connectivity index (χ0) is 27.9. The summed E-state index contributed by atoms with van der Waals surface area (Å²) in [6, 6.07) is 20.8. The summed E-state index contributed by atoms with van der Waals surface area (Å²) in [5.41, 5.74) is 3.22. The number of hydrogen-bond donors (Lipinski definition) is 1. The van der Waals surface area contributed by atoms with Crippen molar-refractivity contribution in [2.75, 3.05) is 23.8 Å². The number of carbonyl (C=O) groups excluding carboxylic acids is 2. The van der Waals surface area contributed by atoms with E-state index in [4.69, 9.17) is 4.74 Å². The van der Waals surface area contributed by atoms with E-state index < -0.39 is 0 Å². The third-order valence-electron chi connectivity index (χ3n) is 6.59. The fraction of sp³-hybridized carbons (Fsp3) is 0.267. The Morgan fingerprint density at radius 2 is 1.80 bits per heavy atom. The molecular weight excluding hydrogens is 529 g/mol. The average molecular weight is 560 g/mol. The minimum atomic E-state index is -0.370. The molecule has 3 aromatic carbocycles. The number of ether oxygens (including phenoxy) is 1. The summed E-state index contributed by atoms with van der Waals surface area (Å²) in [5, 5.41) is 11.9. The summed E-state index contributed by atoms with van der Waals surface area (Å²) in [6.07, 6.45) is 2.85. The van der Waals surface area contributed by atoms with Gasteiger partial charge in [0, 0.05) is 23.5 Å². The molecule has 4 aromatic rings. The van der Waals surface area contributed by atoms with Gasteiger partial charge in [-0.05, 0) is 73.0 Å². The van der Waals surface area contributed by atoms with E-state index in [2.05, 4.69) is 22.4 Å². The molecule has 0 aliphatic carbocycles. The van der Waals surface area contributed by atoms with Crippen LogP contribution in [0.5, 0.6) is 5.75 Å². The second-order valence-electron chi connectivity index (χ2n) is 9.33. The lowest BCUT2D eigenvalue weighted by Gasteiger charge is -2.17. The van der Waals surface area contributed by atoms with Crippen LogP contribution in [0, 0.1) is 5.82 Å². The number of anilines is 1. The second kappa shape index (κ2) is 12.8. The van der Waals surface area contributed by atoms with Crippen LogP contribution in [-0.4, -0.2) is 45.5 Å². The molecule has 206 valence electrons. The largest absolute Gasteiger partial charge is 0.494 e. The molecule has 0 bridgehead atoms. The number of hydrogen-bond acceptors (Lipinski definition) is 6. The van der Waals surface area contributed by atoms with E-state index >= 15 is 0 Å². The van der Waals surface area contributed by atoms with Crippen molar-refractivity contribution in [1.82, 2.24) is 20.1 Å². The number of nitrogens with zero attached hydrogens (tertiary/aromatic N) is 4. The first kappa shape index (κ1) is 27.4. The number of fused-ring (bicyclic) bond motifs is 1. The van der Waals surface area contributed by atoms with Gasteiger partial charge < -0.3 is 15.0 Å². The topological polar surface area (TPSA) is 89.3 Å². The van der Waals surface area contributed by atoms with Crippen molar-refractivity contribution in [2.24, 2.45) is 0 Å². The lowest BCUT2D eigenvalue weighted by molar-refractivity contribution is -0.116. The van der Waals surface area contributed by atoms with Crippen molar-refractivity contribution in [3.05, 3.63) is 95.6 Å². The van der Waals surface area contributed by atoms with E-state index in [0.717, 1.165) is 36.3 Å². The predicted octanol–water partition coefficient (Wildman–Crippen LogP) is 5.20. The first-order valence-corrected chi connectivity index (χ1v) is 14.2. The molecule has 5 rings (SSSR count). The van der Waals surface area contributed by atoms with Crippen LogP contribution in [0.2, 0.25) is 0 Å². The van der Waals surface area contributed by atoms with Crippen LogP contribution < -0.4 is 15.0 Å². The molecule has 0 saturated carbocycles. The Kier molecular flexibility index (Phi) is 8.75. The Morgan fingerprint density at radius 1 is 1.02 bits per heavy atom. The third-order valence-corrected chi connectivity index (χ3v) is 7.50. The first-order chi connectivity index (χ1) is 19.5. The summed E-state index contributed by atoms with van der Waals surface area (Å²) in [4.78, 5) is 27.7. The highest BCUT2D eigenvalue weighted by Gasteiger charge is 2.25. The van der Waals surface area contributed by atoms with E-state index in [1.807, 2.05) is 24.3 Å². The number of aromatic nitrogens is 3. The molecule has 0 saturated heterocycles. The van der Waals surface area contributed by atoms with Gasteiger partial charge in [-0.25, -0.2) is 4.39 Å². The number of nitrogens with one attached hydrogen (secondary N) is 1. The van der Waals surface area contributed by atoms with E-state index in [0.29, 0.717) is 35.4 Å². The number of para-hydroxylation sites is 1. The maximum Gasteiger partial charge on any atom is 0.251 e. The highest BCUT2D eigenvalue weighted by Crippen LogP contribution is 2.29. The number of amides is 2. The van der Waals surface area contributed by atoms with Gasteiger partial charge in [0.25, 0.3) is 5.91 Å². The maximum absolute atomic E-state index is 13.7. The molecule has 0 fully saturated rings. The molecular formula is C30H30FN5O3S.